The van der Waals surface area contributed by atoms with E-state index in [9.17, 15) is 31.5 Å². The Hall–Kier alpha value is -3.91. The number of fused-ring (bicyclic) bond motifs is 1. The molecule has 1 unspecified atom stereocenters. The molecule has 1 amide bonds. The predicted octanol–water partition coefficient (Wildman–Crippen LogP) is 4.96. The minimum absolute atomic E-state index is 0.0574. The Labute approximate surface area is 225 Å². The van der Waals surface area contributed by atoms with Gasteiger partial charge in [0.2, 0.25) is 5.95 Å². The van der Waals surface area contributed by atoms with E-state index in [1.165, 1.54) is 41.3 Å². The molecule has 5 rings (SSSR count). The fraction of sp³-hybridized carbons (Fsp3) is 0.250. The number of nitrogens with zero attached hydrogens (tertiary/aromatic N) is 5. The van der Waals surface area contributed by atoms with Gasteiger partial charge in [0.15, 0.2) is 5.65 Å². The summed E-state index contributed by atoms with van der Waals surface area (Å²) in [6.07, 6.45) is -3.22. The van der Waals surface area contributed by atoms with Gasteiger partial charge in [0, 0.05) is 42.5 Å². The van der Waals surface area contributed by atoms with Crippen LogP contribution in [0.5, 0.6) is 0 Å². The second-order valence-electron chi connectivity index (χ2n) is 8.83. The van der Waals surface area contributed by atoms with Crippen LogP contribution in [-0.2, 0) is 16.2 Å². The SMILES string of the molecule is O=C(O)N1CCCC(Nc2ncc(C(F)(F)F)c(-c3cn(S(=O)(=O)c4ccccc4)c4nc(Cl)ccc34)n2)C1. The first kappa shape index (κ1) is 26.7. The Bertz CT molecular complexity index is 1660. The number of halogens is 4. The van der Waals surface area contributed by atoms with E-state index in [1.54, 1.807) is 6.07 Å². The number of rotatable bonds is 5. The van der Waals surface area contributed by atoms with Crippen molar-refractivity contribution < 1.29 is 31.5 Å². The molecule has 0 bridgehead atoms. The molecule has 0 radical (unpaired) electrons. The van der Waals surface area contributed by atoms with E-state index in [2.05, 4.69) is 20.3 Å². The van der Waals surface area contributed by atoms with Gasteiger partial charge in [-0.05, 0) is 37.1 Å². The Morgan fingerprint density at radius 3 is 2.56 bits per heavy atom. The van der Waals surface area contributed by atoms with Crippen LogP contribution in [0.4, 0.5) is 23.9 Å². The van der Waals surface area contributed by atoms with E-state index < -0.39 is 39.6 Å². The average Bonchev–Trinajstić information content (AvgIpc) is 3.28. The molecule has 1 aliphatic heterocycles. The number of amides is 1. The van der Waals surface area contributed by atoms with Gasteiger partial charge in [0.05, 0.1) is 10.6 Å². The van der Waals surface area contributed by atoms with Crippen LogP contribution >= 0.6 is 11.6 Å². The number of carbonyl (C=O) groups is 1. The van der Waals surface area contributed by atoms with Crippen LogP contribution in [0, 0.1) is 0 Å². The summed E-state index contributed by atoms with van der Waals surface area (Å²) in [5, 5.41) is 12.2. The standard InChI is InChI=1S/C24H20ClF3N6O4S/c25-19-9-8-16-17(13-34(21(16)31-19)39(37,38)15-6-2-1-3-7-15)20-18(24(26,27)28)11-29-22(32-20)30-14-5-4-10-33(12-14)23(35)36/h1-3,6-9,11,13-14H,4-5,10,12H2,(H,35,36)(H,29,30,32). The zero-order valence-corrected chi connectivity index (χ0v) is 21.5. The molecule has 15 heteroatoms. The van der Waals surface area contributed by atoms with E-state index in [1.807, 2.05) is 0 Å². The Morgan fingerprint density at radius 2 is 1.87 bits per heavy atom. The topological polar surface area (TPSA) is 130 Å². The highest BCUT2D eigenvalue weighted by Gasteiger charge is 2.37. The second-order valence-corrected chi connectivity index (χ2v) is 11.0. The van der Waals surface area contributed by atoms with Crippen molar-refractivity contribution in [1.29, 1.82) is 0 Å². The van der Waals surface area contributed by atoms with Crippen molar-refractivity contribution in [3.05, 3.63) is 65.6 Å². The highest BCUT2D eigenvalue weighted by molar-refractivity contribution is 7.90. The summed E-state index contributed by atoms with van der Waals surface area (Å²) in [6, 6.07) is 9.64. The summed E-state index contributed by atoms with van der Waals surface area (Å²) in [7, 11) is -4.27. The van der Waals surface area contributed by atoms with Gasteiger partial charge in [0.25, 0.3) is 10.0 Å². The number of hydrogen-bond acceptors (Lipinski definition) is 7. The third-order valence-corrected chi connectivity index (χ3v) is 8.14. The first-order valence-electron chi connectivity index (χ1n) is 11.6. The molecule has 1 atom stereocenters. The molecule has 39 heavy (non-hydrogen) atoms. The molecule has 2 N–H and O–H groups in total. The molecular weight excluding hydrogens is 561 g/mol. The van der Waals surface area contributed by atoms with Crippen molar-refractivity contribution in [3.63, 3.8) is 0 Å². The number of hydrogen-bond donors (Lipinski definition) is 2. The largest absolute Gasteiger partial charge is 0.465 e. The monoisotopic (exact) mass is 580 g/mol. The van der Waals surface area contributed by atoms with Crippen LogP contribution in [-0.4, -0.2) is 62.6 Å². The van der Waals surface area contributed by atoms with Gasteiger partial charge in [-0.2, -0.15) is 13.2 Å². The van der Waals surface area contributed by atoms with Crippen LogP contribution in [0.25, 0.3) is 22.3 Å². The van der Waals surface area contributed by atoms with E-state index in [4.69, 9.17) is 11.6 Å². The summed E-state index contributed by atoms with van der Waals surface area (Å²) in [5.41, 5.74) is -2.08. The van der Waals surface area contributed by atoms with Crippen molar-refractivity contribution in [3.8, 4) is 11.3 Å². The van der Waals surface area contributed by atoms with Crippen LogP contribution in [0.1, 0.15) is 18.4 Å². The molecule has 10 nitrogen and oxygen atoms in total. The smallest absolute Gasteiger partial charge is 0.419 e. The lowest BCUT2D eigenvalue weighted by atomic mass is 10.1. The molecule has 0 spiro atoms. The number of benzene rings is 1. The van der Waals surface area contributed by atoms with Gasteiger partial charge >= 0.3 is 12.3 Å². The zero-order chi connectivity index (χ0) is 27.9. The minimum Gasteiger partial charge on any atom is -0.465 e. The number of aromatic nitrogens is 4. The van der Waals surface area contributed by atoms with Gasteiger partial charge in [0.1, 0.15) is 10.7 Å². The Kier molecular flexibility index (Phi) is 6.84. The molecule has 1 aliphatic rings. The van der Waals surface area contributed by atoms with Gasteiger partial charge in [-0.25, -0.2) is 32.1 Å². The second kappa shape index (κ2) is 10.0. The summed E-state index contributed by atoms with van der Waals surface area (Å²) in [4.78, 5) is 24.5. The molecule has 4 heterocycles. The minimum atomic E-state index is -4.87. The summed E-state index contributed by atoms with van der Waals surface area (Å²) < 4.78 is 70.0. The molecule has 1 aromatic carbocycles. The van der Waals surface area contributed by atoms with E-state index in [0.717, 1.165) is 10.2 Å². The molecule has 0 aliphatic carbocycles. The van der Waals surface area contributed by atoms with Crippen LogP contribution in [0.2, 0.25) is 5.15 Å². The third-order valence-electron chi connectivity index (χ3n) is 6.26. The molecule has 4 aromatic rings. The average molecular weight is 581 g/mol. The van der Waals surface area contributed by atoms with Crippen LogP contribution in [0.3, 0.4) is 0 Å². The van der Waals surface area contributed by atoms with Crippen molar-refractivity contribution in [1.82, 2.24) is 23.8 Å². The van der Waals surface area contributed by atoms with Crippen molar-refractivity contribution >= 4 is 44.7 Å². The maximum atomic E-state index is 14.1. The highest BCUT2D eigenvalue weighted by atomic mass is 35.5. The number of carboxylic acid groups (broad SMARTS) is 1. The highest BCUT2D eigenvalue weighted by Crippen LogP contribution is 2.40. The van der Waals surface area contributed by atoms with Gasteiger partial charge in [-0.15, -0.1) is 0 Å². The van der Waals surface area contributed by atoms with Gasteiger partial charge in [-0.3, -0.25) is 0 Å². The summed E-state index contributed by atoms with van der Waals surface area (Å²) in [5.74, 6) is -0.163. The number of piperidine rings is 1. The molecule has 204 valence electrons. The van der Waals surface area contributed by atoms with Crippen molar-refractivity contribution in [2.24, 2.45) is 0 Å². The zero-order valence-electron chi connectivity index (χ0n) is 19.9. The Morgan fingerprint density at radius 1 is 1.13 bits per heavy atom. The van der Waals surface area contributed by atoms with Crippen LogP contribution in [0.15, 0.2) is 59.8 Å². The maximum Gasteiger partial charge on any atom is 0.419 e. The molecular formula is C24H20ClF3N6O4S. The predicted molar refractivity (Wildman–Crippen MR) is 136 cm³/mol. The number of alkyl halides is 3. The molecule has 3 aromatic heterocycles. The van der Waals surface area contributed by atoms with E-state index in [-0.39, 0.29) is 39.1 Å². The fourth-order valence-electron chi connectivity index (χ4n) is 4.44. The quantitative estimate of drug-likeness (QED) is 0.317. The molecule has 1 saturated heterocycles. The normalized spacial score (nSPS) is 16.4. The Balaban J connectivity index is 1.66. The number of likely N-dealkylation sites (tertiary alicyclic amines) is 1. The third kappa shape index (κ3) is 5.21. The van der Waals surface area contributed by atoms with Crippen molar-refractivity contribution in [2.75, 3.05) is 18.4 Å². The number of pyridine rings is 1. The van der Waals surface area contributed by atoms with Crippen LogP contribution < -0.4 is 5.32 Å². The van der Waals surface area contributed by atoms with E-state index in [0.29, 0.717) is 25.6 Å². The molecule has 0 saturated carbocycles. The van der Waals surface area contributed by atoms with E-state index >= 15 is 0 Å². The summed E-state index contributed by atoms with van der Waals surface area (Å²) in [6.45, 7) is 0.448. The fourth-order valence-corrected chi connectivity index (χ4v) is 5.93. The number of nitrogens with one attached hydrogen (secondary N) is 1. The number of anilines is 1. The maximum absolute atomic E-state index is 14.1. The lowest BCUT2D eigenvalue weighted by Crippen LogP contribution is -2.44. The first-order chi connectivity index (χ1) is 18.4. The first-order valence-corrected chi connectivity index (χ1v) is 13.4. The van der Waals surface area contributed by atoms with Gasteiger partial charge in [-0.1, -0.05) is 29.8 Å². The lowest BCUT2D eigenvalue weighted by molar-refractivity contribution is -0.137. The van der Waals surface area contributed by atoms with Gasteiger partial charge < -0.3 is 15.3 Å². The summed E-state index contributed by atoms with van der Waals surface area (Å²) >= 11 is 6.03. The lowest BCUT2D eigenvalue weighted by Gasteiger charge is -2.31. The molecule has 1 fully saturated rings. The van der Waals surface area contributed by atoms with Crippen molar-refractivity contribution in [2.45, 2.75) is 30.0 Å².